The van der Waals surface area contributed by atoms with Crippen molar-refractivity contribution in [3.63, 3.8) is 0 Å². The fraction of sp³-hybridized carbons (Fsp3) is 0.389. The molecule has 0 bridgehead atoms. The maximum Gasteiger partial charge on any atom is 0.119 e. The van der Waals surface area contributed by atoms with E-state index in [1.54, 1.807) is 0 Å². The first-order valence-electron chi connectivity index (χ1n) is 7.73. The second kappa shape index (κ2) is 6.90. The van der Waals surface area contributed by atoms with Gasteiger partial charge in [0.2, 0.25) is 0 Å². The molecule has 0 fully saturated rings. The highest BCUT2D eigenvalue weighted by molar-refractivity contribution is 7.10. The molecule has 3 rings (SSSR count). The van der Waals surface area contributed by atoms with E-state index < -0.39 is 0 Å². The summed E-state index contributed by atoms with van der Waals surface area (Å²) in [6.07, 6.45) is 4.67. The third-order valence-electron chi connectivity index (χ3n) is 3.75. The summed E-state index contributed by atoms with van der Waals surface area (Å²) in [4.78, 5) is 6.17. The Morgan fingerprint density at radius 3 is 2.81 bits per heavy atom. The number of hydrogen-bond donors (Lipinski definition) is 0. The normalized spacial score (nSPS) is 13.7. The number of fused-ring (bicyclic) bond motifs is 1. The van der Waals surface area contributed by atoms with E-state index in [-0.39, 0.29) is 0 Å². The first-order valence-corrected chi connectivity index (χ1v) is 8.61. The lowest BCUT2D eigenvalue weighted by atomic mass is 10.00. The van der Waals surface area contributed by atoms with Gasteiger partial charge in [-0.05, 0) is 42.1 Å². The average Bonchev–Trinajstić information content (AvgIpc) is 3.01. The van der Waals surface area contributed by atoms with Gasteiger partial charge in [0.15, 0.2) is 0 Å². The van der Waals surface area contributed by atoms with Crippen LogP contribution in [0.2, 0.25) is 0 Å². The number of unbranched alkanes of at least 4 members (excludes halogenated alkanes) is 2. The summed E-state index contributed by atoms with van der Waals surface area (Å²) in [5.74, 6) is 0.955. The van der Waals surface area contributed by atoms with E-state index in [2.05, 4.69) is 42.6 Å². The zero-order chi connectivity index (χ0) is 14.5. The van der Waals surface area contributed by atoms with E-state index in [0.717, 1.165) is 37.5 Å². The molecule has 110 valence electrons. The number of nitrogens with zero attached hydrogens (tertiary/aromatic N) is 1. The highest BCUT2D eigenvalue weighted by atomic mass is 32.1. The molecular formula is C18H21NOS. The number of hydrogen-bond acceptors (Lipinski definition) is 3. The fourth-order valence-corrected chi connectivity index (χ4v) is 3.47. The van der Waals surface area contributed by atoms with Crippen LogP contribution >= 0.6 is 11.3 Å². The van der Waals surface area contributed by atoms with Gasteiger partial charge in [0.25, 0.3) is 0 Å². The van der Waals surface area contributed by atoms with Crippen molar-refractivity contribution < 1.29 is 4.74 Å². The van der Waals surface area contributed by atoms with E-state index in [9.17, 15) is 0 Å². The molecule has 0 atom stereocenters. The number of rotatable bonds is 6. The minimum absolute atomic E-state index is 0.808. The summed E-state index contributed by atoms with van der Waals surface area (Å²) in [5, 5.41) is 2.16. The summed E-state index contributed by atoms with van der Waals surface area (Å²) in [7, 11) is 0. The predicted octanol–water partition coefficient (Wildman–Crippen LogP) is 4.71. The molecule has 0 spiro atoms. The van der Waals surface area contributed by atoms with Crippen LogP contribution in [0.25, 0.3) is 0 Å². The topological polar surface area (TPSA) is 21.6 Å². The third kappa shape index (κ3) is 3.35. The molecule has 0 aliphatic carbocycles. The molecule has 1 aromatic carbocycles. The van der Waals surface area contributed by atoms with Crippen LogP contribution in [0.5, 0.6) is 5.75 Å². The highest BCUT2D eigenvalue weighted by Crippen LogP contribution is 2.26. The Hall–Kier alpha value is -1.61. The standard InChI is InChI=1S/C18H21NOS/c1-2-3-4-12-20-15-7-5-14(6-8-15)18-16-10-13-21-17(16)9-11-19-18/h5-8,10,13H,2-4,9,11-12H2,1H3. The summed E-state index contributed by atoms with van der Waals surface area (Å²) >= 11 is 1.84. The lowest BCUT2D eigenvalue weighted by Gasteiger charge is -2.14. The van der Waals surface area contributed by atoms with Crippen LogP contribution in [-0.2, 0) is 6.42 Å². The lowest BCUT2D eigenvalue weighted by Crippen LogP contribution is -2.11. The summed E-state index contributed by atoms with van der Waals surface area (Å²) in [6.45, 7) is 3.92. The number of benzene rings is 1. The van der Waals surface area contributed by atoms with Crippen LogP contribution < -0.4 is 4.74 Å². The zero-order valence-corrected chi connectivity index (χ0v) is 13.3. The van der Waals surface area contributed by atoms with Gasteiger partial charge < -0.3 is 4.74 Å². The molecule has 21 heavy (non-hydrogen) atoms. The Bertz CT molecular complexity index is 612. The van der Waals surface area contributed by atoms with Crippen molar-refractivity contribution >= 4 is 17.0 Å². The molecule has 3 heteroatoms. The molecule has 0 unspecified atom stereocenters. The molecule has 1 aliphatic rings. The van der Waals surface area contributed by atoms with Crippen molar-refractivity contribution in [2.45, 2.75) is 32.6 Å². The Morgan fingerprint density at radius 2 is 2.00 bits per heavy atom. The van der Waals surface area contributed by atoms with E-state index in [4.69, 9.17) is 9.73 Å². The monoisotopic (exact) mass is 299 g/mol. The molecule has 0 N–H and O–H groups in total. The second-order valence-corrected chi connectivity index (χ2v) is 6.32. The minimum Gasteiger partial charge on any atom is -0.494 e. The lowest BCUT2D eigenvalue weighted by molar-refractivity contribution is 0.306. The maximum absolute atomic E-state index is 5.77. The van der Waals surface area contributed by atoms with Gasteiger partial charge in [-0.25, -0.2) is 0 Å². The Morgan fingerprint density at radius 1 is 1.14 bits per heavy atom. The summed E-state index contributed by atoms with van der Waals surface area (Å²) < 4.78 is 5.77. The van der Waals surface area contributed by atoms with Crippen LogP contribution in [0.3, 0.4) is 0 Å². The van der Waals surface area contributed by atoms with Gasteiger partial charge in [-0.3, -0.25) is 4.99 Å². The fourth-order valence-electron chi connectivity index (χ4n) is 2.60. The first-order chi connectivity index (χ1) is 10.4. The molecule has 2 aromatic rings. The largest absolute Gasteiger partial charge is 0.494 e. The molecule has 1 aromatic heterocycles. The van der Waals surface area contributed by atoms with Crippen molar-refractivity contribution in [1.29, 1.82) is 0 Å². The average molecular weight is 299 g/mol. The molecule has 0 saturated heterocycles. The molecule has 2 nitrogen and oxygen atoms in total. The first kappa shape index (κ1) is 14.3. The molecule has 0 amide bonds. The Balaban J connectivity index is 1.69. The number of ether oxygens (including phenoxy) is 1. The number of aliphatic imine (C=N–C) groups is 1. The van der Waals surface area contributed by atoms with E-state index in [0.29, 0.717) is 0 Å². The third-order valence-corrected chi connectivity index (χ3v) is 4.73. The minimum atomic E-state index is 0.808. The van der Waals surface area contributed by atoms with Crippen LogP contribution in [0, 0.1) is 0 Å². The molecule has 1 aliphatic heterocycles. The van der Waals surface area contributed by atoms with Crippen molar-refractivity contribution in [2.75, 3.05) is 13.2 Å². The van der Waals surface area contributed by atoms with Gasteiger partial charge >= 0.3 is 0 Å². The van der Waals surface area contributed by atoms with Crippen molar-refractivity contribution in [1.82, 2.24) is 0 Å². The van der Waals surface area contributed by atoms with Crippen molar-refractivity contribution in [3.8, 4) is 5.75 Å². The van der Waals surface area contributed by atoms with E-state index in [1.165, 1.54) is 28.8 Å². The van der Waals surface area contributed by atoms with Gasteiger partial charge in [0.05, 0.1) is 12.3 Å². The van der Waals surface area contributed by atoms with Gasteiger partial charge in [-0.2, -0.15) is 0 Å². The van der Waals surface area contributed by atoms with Crippen LogP contribution in [0.15, 0.2) is 40.7 Å². The Labute approximate surface area is 130 Å². The van der Waals surface area contributed by atoms with Crippen molar-refractivity contribution in [2.24, 2.45) is 4.99 Å². The van der Waals surface area contributed by atoms with Crippen molar-refractivity contribution in [3.05, 3.63) is 51.7 Å². The maximum atomic E-state index is 5.77. The van der Waals surface area contributed by atoms with Crippen LogP contribution in [0.4, 0.5) is 0 Å². The van der Waals surface area contributed by atoms with Gasteiger partial charge in [0, 0.05) is 29.0 Å². The summed E-state index contributed by atoms with van der Waals surface area (Å²) in [6, 6.07) is 10.6. The quantitative estimate of drug-likeness (QED) is 0.708. The van der Waals surface area contributed by atoms with Crippen LogP contribution in [0.1, 0.15) is 42.2 Å². The molecule has 2 heterocycles. The van der Waals surface area contributed by atoms with E-state index >= 15 is 0 Å². The molecular weight excluding hydrogens is 278 g/mol. The molecule has 0 radical (unpaired) electrons. The van der Waals surface area contributed by atoms with Gasteiger partial charge in [-0.1, -0.05) is 19.8 Å². The Kier molecular flexibility index (Phi) is 4.71. The zero-order valence-electron chi connectivity index (χ0n) is 12.5. The SMILES string of the molecule is CCCCCOc1ccc(C2=NCCc3sccc32)cc1. The second-order valence-electron chi connectivity index (χ2n) is 5.32. The molecule has 0 saturated carbocycles. The summed E-state index contributed by atoms with van der Waals surface area (Å²) in [5.41, 5.74) is 3.63. The smallest absolute Gasteiger partial charge is 0.119 e. The van der Waals surface area contributed by atoms with E-state index in [1.807, 2.05) is 11.3 Å². The van der Waals surface area contributed by atoms with Gasteiger partial charge in [0.1, 0.15) is 5.75 Å². The number of thiophene rings is 1. The van der Waals surface area contributed by atoms with Crippen LogP contribution in [-0.4, -0.2) is 18.9 Å². The van der Waals surface area contributed by atoms with Gasteiger partial charge in [-0.15, -0.1) is 11.3 Å². The highest BCUT2D eigenvalue weighted by Gasteiger charge is 2.16. The predicted molar refractivity (Wildman–Crippen MR) is 90.0 cm³/mol.